The number of para-hydroxylation sites is 1. The van der Waals surface area contributed by atoms with Crippen LogP contribution in [-0.4, -0.2) is 25.2 Å². The Morgan fingerprint density at radius 2 is 1.63 bits per heavy atom. The zero-order valence-electron chi connectivity index (χ0n) is 16.2. The Morgan fingerprint density at radius 1 is 0.967 bits per heavy atom. The minimum absolute atomic E-state index is 0.303. The van der Waals surface area contributed by atoms with E-state index in [-0.39, 0.29) is 11.9 Å². The summed E-state index contributed by atoms with van der Waals surface area (Å²) < 4.78 is 11.5. The Morgan fingerprint density at radius 3 is 2.33 bits per heavy atom. The lowest BCUT2D eigenvalue weighted by atomic mass is 10.1. The third-order valence-corrected chi connectivity index (χ3v) is 4.69. The van der Waals surface area contributed by atoms with Crippen molar-refractivity contribution in [2.45, 2.75) is 6.61 Å². The fourth-order valence-corrected chi connectivity index (χ4v) is 2.83. The molecule has 0 aliphatic rings. The lowest BCUT2D eigenvalue weighted by molar-refractivity contribution is 0.0600. The molecule has 7 heteroatoms. The van der Waals surface area contributed by atoms with Crippen molar-refractivity contribution in [2.75, 3.05) is 7.11 Å². The molecule has 6 nitrogen and oxygen atoms in total. The first kappa shape index (κ1) is 21.3. The van der Waals surface area contributed by atoms with Crippen LogP contribution in [0.25, 0.3) is 0 Å². The number of hydrazone groups is 1. The Labute approximate surface area is 182 Å². The molecule has 3 rings (SSSR count). The summed E-state index contributed by atoms with van der Waals surface area (Å²) in [5, 5.41) is 4.03. The van der Waals surface area contributed by atoms with Gasteiger partial charge in [0.1, 0.15) is 12.4 Å². The van der Waals surface area contributed by atoms with Gasteiger partial charge in [0, 0.05) is 15.6 Å². The summed E-state index contributed by atoms with van der Waals surface area (Å²) in [6.07, 6.45) is 1.53. The molecule has 30 heavy (non-hydrogen) atoms. The second-order valence-corrected chi connectivity index (χ2v) is 7.14. The number of halogens is 1. The van der Waals surface area contributed by atoms with Crippen LogP contribution in [0.5, 0.6) is 5.75 Å². The van der Waals surface area contributed by atoms with Gasteiger partial charge in [-0.2, -0.15) is 5.10 Å². The number of methoxy groups -OCH3 is 1. The fraction of sp³-hybridized carbons (Fsp3) is 0.0870. The first-order valence-electron chi connectivity index (χ1n) is 9.05. The molecule has 0 bridgehead atoms. The molecule has 0 unspecified atom stereocenters. The van der Waals surface area contributed by atoms with Gasteiger partial charge in [0.25, 0.3) is 5.91 Å². The number of carbonyl (C=O) groups is 2. The van der Waals surface area contributed by atoms with E-state index in [2.05, 4.69) is 26.5 Å². The third kappa shape index (κ3) is 5.78. The number of nitrogens with one attached hydrogen (secondary N) is 1. The molecule has 0 heterocycles. The molecule has 0 fully saturated rings. The van der Waals surface area contributed by atoms with Gasteiger partial charge in [0.2, 0.25) is 0 Å². The van der Waals surface area contributed by atoms with Gasteiger partial charge in [-0.1, -0.05) is 40.2 Å². The van der Waals surface area contributed by atoms with Crippen LogP contribution in [0, 0.1) is 0 Å². The predicted molar refractivity (Wildman–Crippen MR) is 118 cm³/mol. The SMILES string of the molecule is COC(=O)c1ccc(COc2ccccc2/C=N/NC(=O)c2ccc(Br)cc2)cc1. The number of benzene rings is 3. The van der Waals surface area contributed by atoms with E-state index in [0.717, 1.165) is 15.6 Å². The molecule has 0 saturated heterocycles. The number of esters is 1. The van der Waals surface area contributed by atoms with Crippen molar-refractivity contribution < 1.29 is 19.1 Å². The summed E-state index contributed by atoms with van der Waals surface area (Å²) in [6.45, 7) is 0.317. The summed E-state index contributed by atoms with van der Waals surface area (Å²) in [6, 6.07) is 21.4. The van der Waals surface area contributed by atoms with E-state index in [1.165, 1.54) is 13.3 Å². The fourth-order valence-electron chi connectivity index (χ4n) is 2.56. The van der Waals surface area contributed by atoms with Gasteiger partial charge in [-0.15, -0.1) is 0 Å². The lowest BCUT2D eigenvalue weighted by Crippen LogP contribution is -2.17. The van der Waals surface area contributed by atoms with E-state index in [0.29, 0.717) is 23.5 Å². The number of rotatable bonds is 7. The van der Waals surface area contributed by atoms with Crippen molar-refractivity contribution >= 4 is 34.0 Å². The van der Waals surface area contributed by atoms with Gasteiger partial charge in [-0.25, -0.2) is 10.2 Å². The van der Waals surface area contributed by atoms with Crippen LogP contribution in [0.15, 0.2) is 82.4 Å². The van der Waals surface area contributed by atoms with E-state index in [4.69, 9.17) is 9.47 Å². The molecule has 152 valence electrons. The highest BCUT2D eigenvalue weighted by molar-refractivity contribution is 9.10. The summed E-state index contributed by atoms with van der Waals surface area (Å²) in [7, 11) is 1.35. The van der Waals surface area contributed by atoms with Crippen LogP contribution >= 0.6 is 15.9 Å². The van der Waals surface area contributed by atoms with E-state index < -0.39 is 0 Å². The molecule has 0 aliphatic carbocycles. The van der Waals surface area contributed by atoms with E-state index >= 15 is 0 Å². The molecule has 0 aliphatic heterocycles. The summed E-state index contributed by atoms with van der Waals surface area (Å²) in [4.78, 5) is 23.6. The lowest BCUT2D eigenvalue weighted by Gasteiger charge is -2.09. The van der Waals surface area contributed by atoms with Gasteiger partial charge in [0.15, 0.2) is 0 Å². The van der Waals surface area contributed by atoms with Gasteiger partial charge in [0.05, 0.1) is 18.9 Å². The van der Waals surface area contributed by atoms with Crippen molar-refractivity contribution in [3.05, 3.63) is 99.5 Å². The van der Waals surface area contributed by atoms with Crippen LogP contribution < -0.4 is 10.2 Å². The minimum Gasteiger partial charge on any atom is -0.488 e. The molecular formula is C23H19BrN2O4. The van der Waals surface area contributed by atoms with Crippen LogP contribution in [0.4, 0.5) is 0 Å². The Kier molecular flexibility index (Phi) is 7.34. The molecule has 3 aromatic rings. The Hall–Kier alpha value is -3.45. The average molecular weight is 467 g/mol. The van der Waals surface area contributed by atoms with Crippen molar-refractivity contribution in [2.24, 2.45) is 5.10 Å². The zero-order valence-corrected chi connectivity index (χ0v) is 17.8. The molecule has 3 aromatic carbocycles. The molecular weight excluding hydrogens is 448 g/mol. The number of hydrogen-bond donors (Lipinski definition) is 1. The van der Waals surface area contributed by atoms with Crippen LogP contribution in [0.2, 0.25) is 0 Å². The van der Waals surface area contributed by atoms with Crippen LogP contribution in [0.1, 0.15) is 31.8 Å². The normalized spacial score (nSPS) is 10.6. The van der Waals surface area contributed by atoms with Crippen LogP contribution in [0.3, 0.4) is 0 Å². The zero-order chi connectivity index (χ0) is 21.3. The number of amides is 1. The number of carbonyl (C=O) groups excluding carboxylic acids is 2. The monoisotopic (exact) mass is 466 g/mol. The first-order valence-corrected chi connectivity index (χ1v) is 9.84. The van der Waals surface area contributed by atoms with E-state index in [1.807, 2.05) is 24.3 Å². The molecule has 1 N–H and O–H groups in total. The quantitative estimate of drug-likeness (QED) is 0.314. The maximum absolute atomic E-state index is 12.1. The van der Waals surface area contributed by atoms with Crippen molar-refractivity contribution in [1.82, 2.24) is 5.43 Å². The van der Waals surface area contributed by atoms with Gasteiger partial charge in [-0.05, 0) is 54.1 Å². The third-order valence-electron chi connectivity index (χ3n) is 4.16. The van der Waals surface area contributed by atoms with Gasteiger partial charge in [-0.3, -0.25) is 4.79 Å². The molecule has 1 amide bonds. The van der Waals surface area contributed by atoms with Crippen molar-refractivity contribution in [3.63, 3.8) is 0 Å². The highest BCUT2D eigenvalue weighted by Gasteiger charge is 2.06. The Balaban J connectivity index is 1.61. The highest BCUT2D eigenvalue weighted by Crippen LogP contribution is 2.18. The molecule has 0 spiro atoms. The van der Waals surface area contributed by atoms with Crippen LogP contribution in [-0.2, 0) is 11.3 Å². The predicted octanol–water partition coefficient (Wildman–Crippen LogP) is 4.58. The summed E-state index contributed by atoms with van der Waals surface area (Å²) >= 11 is 3.33. The van der Waals surface area contributed by atoms with Crippen molar-refractivity contribution in [1.29, 1.82) is 0 Å². The molecule has 0 saturated carbocycles. The topological polar surface area (TPSA) is 77.0 Å². The maximum atomic E-state index is 12.1. The smallest absolute Gasteiger partial charge is 0.337 e. The summed E-state index contributed by atoms with van der Waals surface area (Å²) in [5.41, 5.74) is 5.12. The van der Waals surface area contributed by atoms with E-state index in [9.17, 15) is 9.59 Å². The standard InChI is InChI=1S/C23H19BrN2O4/c1-29-23(28)18-8-6-16(7-9-18)15-30-21-5-3-2-4-19(21)14-25-26-22(27)17-10-12-20(24)13-11-17/h2-14H,15H2,1H3,(H,26,27)/b25-14+. The second-order valence-electron chi connectivity index (χ2n) is 6.22. The molecule has 0 atom stereocenters. The number of nitrogens with zero attached hydrogens (tertiary/aromatic N) is 1. The van der Waals surface area contributed by atoms with Gasteiger partial charge >= 0.3 is 5.97 Å². The summed E-state index contributed by atoms with van der Waals surface area (Å²) in [5.74, 6) is -0.0618. The van der Waals surface area contributed by atoms with E-state index in [1.54, 1.807) is 48.5 Å². The number of ether oxygens (including phenoxy) is 2. The van der Waals surface area contributed by atoms with Gasteiger partial charge < -0.3 is 9.47 Å². The Bertz CT molecular complexity index is 1050. The number of hydrogen-bond acceptors (Lipinski definition) is 5. The average Bonchev–Trinajstić information content (AvgIpc) is 2.78. The highest BCUT2D eigenvalue weighted by atomic mass is 79.9. The maximum Gasteiger partial charge on any atom is 0.337 e. The van der Waals surface area contributed by atoms with Crippen molar-refractivity contribution in [3.8, 4) is 5.75 Å². The minimum atomic E-state index is -0.380. The first-order chi connectivity index (χ1) is 14.6. The molecule has 0 aromatic heterocycles. The molecule has 0 radical (unpaired) electrons. The largest absolute Gasteiger partial charge is 0.488 e. The second kappa shape index (κ2) is 10.4.